The Morgan fingerprint density at radius 3 is 2.22 bits per heavy atom. The molecule has 1 N–H and O–H groups in total. The predicted molar refractivity (Wildman–Crippen MR) is 241 cm³/mol. The number of aliphatic hydroxyl groups excluding tert-OH is 1. The smallest absolute Gasteiger partial charge is 0.664 e. The van der Waals surface area contributed by atoms with Crippen LogP contribution in [0.3, 0.4) is 0 Å². The second kappa shape index (κ2) is 20.4. The van der Waals surface area contributed by atoms with Gasteiger partial charge in [-0.2, -0.15) is 11.4 Å². The first-order chi connectivity index (χ1) is 28.2. The average molecular weight is 827 g/mol. The summed E-state index contributed by atoms with van der Waals surface area (Å²) >= 11 is 0. The zero-order valence-corrected chi connectivity index (χ0v) is 39.5. The molecule has 5 atom stereocenters. The Bertz CT molecular complexity index is 2270. The normalized spacial score (nSPS) is 23.2. The molecule has 3 aromatic heterocycles. The maximum atomic E-state index is 13.6. The van der Waals surface area contributed by atoms with Crippen LogP contribution in [0, 0.1) is 50.4 Å². The number of nitrogens with zero attached hydrogens (tertiary/aromatic N) is 4. The summed E-state index contributed by atoms with van der Waals surface area (Å²) in [6, 6.07) is 0. The summed E-state index contributed by atoms with van der Waals surface area (Å²) < 4.78 is 11.1. The van der Waals surface area contributed by atoms with Crippen molar-refractivity contribution >= 4 is 58.8 Å². The number of fused-ring (bicyclic) bond motifs is 7. The third-order valence-electron chi connectivity index (χ3n) is 13.2. The first-order valence-electron chi connectivity index (χ1n) is 22.1. The van der Waals surface area contributed by atoms with E-state index in [-0.39, 0.29) is 53.9 Å². The molecule has 60 heavy (non-hydrogen) atoms. The number of allylic oxidation sites excluding steroid dienone is 3. The van der Waals surface area contributed by atoms with E-state index >= 15 is 0 Å². The number of ether oxygens (including phenoxy) is 2. The minimum atomic E-state index is -1.17. The van der Waals surface area contributed by atoms with Gasteiger partial charge < -0.3 is 34.8 Å². The minimum absolute atomic E-state index is 0. The van der Waals surface area contributed by atoms with E-state index in [4.69, 9.17) is 29.7 Å². The largest absolute Gasteiger partial charge is 2.00 e. The van der Waals surface area contributed by atoms with Gasteiger partial charge in [-0.25, -0.2) is 0 Å². The number of carbonyl (C=O) groups is 2. The second-order valence-corrected chi connectivity index (χ2v) is 17.8. The van der Waals surface area contributed by atoms with Crippen LogP contribution in [0.5, 0.6) is 0 Å². The Labute approximate surface area is 374 Å². The fourth-order valence-electron chi connectivity index (χ4n) is 9.53. The summed E-state index contributed by atoms with van der Waals surface area (Å²) in [5.41, 5.74) is 12.2. The molecule has 320 valence electrons. The van der Waals surface area contributed by atoms with E-state index < -0.39 is 18.0 Å². The predicted octanol–water partition coefficient (Wildman–Crippen LogP) is 8.33. The second-order valence-electron chi connectivity index (χ2n) is 17.8. The fourth-order valence-corrected chi connectivity index (χ4v) is 9.53. The number of aromatic nitrogens is 3. The maximum absolute atomic E-state index is 13.6. The van der Waals surface area contributed by atoms with Crippen LogP contribution >= 0.6 is 0 Å². The molecule has 1 aliphatic carbocycles. The SMILES string of the molecule is CCc1c2[n-]c(c1C)/C=C1\[N-]/C(=C3\c4[n-]c(c(C)c4[C@H](O)[C@@H]3C(=O)OC)/C=c3\[n-]/c(c(C)c3CC)=C\2)[C@@H](CCC(=O)OC/C=C(\C)CCC[C@@H](C)CCCC(C)C)[C@@H]1C.[Mg+2]. The van der Waals surface area contributed by atoms with Gasteiger partial charge in [0.15, 0.2) is 0 Å². The maximum Gasteiger partial charge on any atom is 2.00 e. The van der Waals surface area contributed by atoms with Crippen molar-refractivity contribution in [3.05, 3.63) is 95.2 Å². The molecule has 0 saturated carbocycles. The molecule has 10 heteroatoms. The molecule has 6 rings (SSSR count). The summed E-state index contributed by atoms with van der Waals surface area (Å²) in [6.07, 6.45) is 16.5. The summed E-state index contributed by atoms with van der Waals surface area (Å²) in [5.74, 6) is -0.728. The van der Waals surface area contributed by atoms with Crippen molar-refractivity contribution in [3.63, 3.8) is 0 Å². The number of esters is 2. The van der Waals surface area contributed by atoms with Crippen molar-refractivity contribution in [1.82, 2.24) is 15.0 Å². The zero-order valence-electron chi connectivity index (χ0n) is 38.1. The molecule has 0 spiro atoms. The summed E-state index contributed by atoms with van der Waals surface area (Å²) in [5, 5.41) is 19.0. The number of hydrogen-bond donors (Lipinski definition) is 1. The van der Waals surface area contributed by atoms with Gasteiger partial charge >= 0.3 is 35.0 Å². The van der Waals surface area contributed by atoms with Crippen LogP contribution in [-0.2, 0) is 31.9 Å². The quantitative estimate of drug-likeness (QED) is 0.0868. The van der Waals surface area contributed by atoms with Crippen LogP contribution in [0.25, 0.3) is 29.1 Å². The Kier molecular flexibility index (Phi) is 16.1. The Morgan fingerprint density at radius 2 is 1.53 bits per heavy atom. The summed E-state index contributed by atoms with van der Waals surface area (Å²) in [7, 11) is 1.34. The van der Waals surface area contributed by atoms with Crippen LogP contribution < -0.4 is 25.7 Å². The molecule has 5 heterocycles. The van der Waals surface area contributed by atoms with E-state index in [1.54, 1.807) is 0 Å². The number of hydrogen-bond acceptors (Lipinski definition) is 5. The van der Waals surface area contributed by atoms with E-state index in [1.165, 1.54) is 43.9 Å². The van der Waals surface area contributed by atoms with Gasteiger partial charge in [0, 0.05) is 6.42 Å². The van der Waals surface area contributed by atoms with Gasteiger partial charge in [0.1, 0.15) is 12.5 Å². The van der Waals surface area contributed by atoms with Crippen LogP contribution in [0.15, 0.2) is 23.0 Å². The van der Waals surface area contributed by atoms with Crippen molar-refractivity contribution in [2.24, 2.45) is 29.6 Å². The first kappa shape index (κ1) is 47.3. The number of aliphatic hydroxyl groups is 1. The molecule has 0 radical (unpaired) electrons. The Balaban J connectivity index is 0.00000683. The van der Waals surface area contributed by atoms with Crippen LogP contribution in [0.2, 0.25) is 0 Å². The van der Waals surface area contributed by atoms with Crippen molar-refractivity contribution in [2.45, 2.75) is 140 Å². The van der Waals surface area contributed by atoms with E-state index in [0.717, 1.165) is 87.6 Å². The van der Waals surface area contributed by atoms with Crippen molar-refractivity contribution in [3.8, 4) is 0 Å². The minimum Gasteiger partial charge on any atom is -0.664 e. The van der Waals surface area contributed by atoms with Crippen molar-refractivity contribution in [2.75, 3.05) is 13.7 Å². The molecule has 3 aliphatic rings. The van der Waals surface area contributed by atoms with E-state index in [9.17, 15) is 14.7 Å². The zero-order chi connectivity index (χ0) is 42.7. The van der Waals surface area contributed by atoms with Gasteiger partial charge in [0.25, 0.3) is 0 Å². The molecule has 8 bridgehead atoms. The van der Waals surface area contributed by atoms with Crippen molar-refractivity contribution < 1.29 is 24.2 Å². The summed E-state index contributed by atoms with van der Waals surface area (Å²) in [6.45, 7) is 21.8. The Hall–Kier alpha value is -3.73. The molecule has 0 amide bonds. The molecule has 3 aromatic rings. The van der Waals surface area contributed by atoms with Gasteiger partial charge in [0.2, 0.25) is 0 Å². The van der Waals surface area contributed by atoms with Gasteiger partial charge in [-0.3, -0.25) is 9.59 Å². The molecular weight excluding hydrogens is 761 g/mol. The molecular formula is C50H66MgN4O5-2. The standard InChI is InChI=1S/C50H66N4O5.Mg/c1-12-34-30(7)37-24-39-32(9)36(20-21-43(55)59-23-22-29(6)19-15-18-28(5)17-14-16-27(3)4)47(53-39)45-46(50(57)58-11)49(56)44-33(10)40(54-48(44)45)26-42-35(13-2)31(8)38(52-42)25-41(34)51-37;/h22,24-28,32,36,46,49,56H,12-21,23H2,1-11H3;/q-4;+2/b29-22+,38-25-,39-24-,42-26-,47-45-;/t28-,32-,36-,46+,49-;/m0./s1. The topological polar surface area (TPSA) is 129 Å². The van der Waals surface area contributed by atoms with Gasteiger partial charge in [0.05, 0.1) is 13.2 Å². The van der Waals surface area contributed by atoms with Gasteiger partial charge in [-0.15, -0.1) is 33.5 Å². The van der Waals surface area contributed by atoms with Crippen molar-refractivity contribution in [1.29, 1.82) is 0 Å². The van der Waals surface area contributed by atoms with E-state index in [2.05, 4.69) is 74.5 Å². The Morgan fingerprint density at radius 1 is 0.850 bits per heavy atom. The molecule has 0 aromatic carbocycles. The van der Waals surface area contributed by atoms with Gasteiger partial charge in [-0.05, 0) is 95.1 Å². The third-order valence-corrected chi connectivity index (χ3v) is 13.2. The average Bonchev–Trinajstić information content (AvgIpc) is 3.94. The number of rotatable bonds is 16. The molecule has 1 fully saturated rings. The number of carbonyl (C=O) groups excluding carboxylic acids is 2. The fraction of sp³-hybridized carbons (Fsp3) is 0.560. The van der Waals surface area contributed by atoms with Gasteiger partial charge in [-0.1, -0.05) is 124 Å². The number of methoxy groups -OCH3 is 1. The van der Waals surface area contributed by atoms with Crippen LogP contribution in [-0.4, -0.2) is 53.8 Å². The summed E-state index contributed by atoms with van der Waals surface area (Å²) in [4.78, 5) is 42.4. The molecule has 0 unspecified atom stereocenters. The molecule has 1 saturated heterocycles. The monoisotopic (exact) mass is 826 g/mol. The van der Waals surface area contributed by atoms with E-state index in [1.807, 2.05) is 19.1 Å². The first-order valence-corrected chi connectivity index (χ1v) is 22.1. The van der Waals surface area contributed by atoms with E-state index in [0.29, 0.717) is 34.6 Å². The molecule has 2 aliphatic heterocycles. The molecule has 9 nitrogen and oxygen atoms in total. The third kappa shape index (κ3) is 9.81. The van der Waals surface area contributed by atoms with Crippen LogP contribution in [0.1, 0.15) is 162 Å². The van der Waals surface area contributed by atoms with Crippen LogP contribution in [0.4, 0.5) is 0 Å².